The number of rotatable bonds is 4. The number of hydrogen-bond acceptors (Lipinski definition) is 4. The van der Waals surface area contributed by atoms with Crippen molar-refractivity contribution in [2.45, 2.75) is 10.3 Å². The van der Waals surface area contributed by atoms with Crippen LogP contribution >= 0.6 is 23.4 Å². The number of benzene rings is 1. The first-order valence-corrected chi connectivity index (χ1v) is 6.44. The van der Waals surface area contributed by atoms with Crippen LogP contribution in [0.15, 0.2) is 47.9 Å². The number of nitrogens with two attached hydrogens (primary N) is 1. The molecule has 0 aliphatic rings. The number of halogens is 1. The Hall–Kier alpha value is -1.10. The monoisotopic (exact) mass is 265 g/mol. The van der Waals surface area contributed by atoms with E-state index in [4.69, 9.17) is 17.3 Å². The van der Waals surface area contributed by atoms with Gasteiger partial charge < -0.3 is 5.73 Å². The summed E-state index contributed by atoms with van der Waals surface area (Å²) in [4.78, 5) is 8.06. The van der Waals surface area contributed by atoms with Gasteiger partial charge in [0.2, 0.25) is 0 Å². The van der Waals surface area contributed by atoms with Crippen molar-refractivity contribution in [3.63, 3.8) is 0 Å². The van der Waals surface area contributed by atoms with Crippen LogP contribution in [-0.2, 0) is 0 Å². The van der Waals surface area contributed by atoms with Gasteiger partial charge in [-0.2, -0.15) is 0 Å². The van der Waals surface area contributed by atoms with E-state index in [0.717, 1.165) is 15.6 Å². The summed E-state index contributed by atoms with van der Waals surface area (Å²) in [7, 11) is 0. The summed E-state index contributed by atoms with van der Waals surface area (Å²) in [6, 6.07) is 9.61. The predicted octanol–water partition coefficient (Wildman–Crippen LogP) is 2.92. The summed E-state index contributed by atoms with van der Waals surface area (Å²) in [5.74, 6) is 0. The molecule has 1 aromatic carbocycles. The van der Waals surface area contributed by atoms with Crippen LogP contribution in [0.25, 0.3) is 0 Å². The maximum atomic E-state index is 6.16. The lowest BCUT2D eigenvalue weighted by molar-refractivity contribution is 0.931. The minimum absolute atomic E-state index is 0.110. The highest BCUT2D eigenvalue weighted by Crippen LogP contribution is 2.36. The average molecular weight is 266 g/mol. The molecule has 0 amide bonds. The number of aromatic nitrogens is 2. The summed E-state index contributed by atoms with van der Waals surface area (Å²) in [6.07, 6.45) is 3.25. The van der Waals surface area contributed by atoms with Gasteiger partial charge in [-0.1, -0.05) is 41.6 Å². The molecule has 0 saturated heterocycles. The predicted molar refractivity (Wildman–Crippen MR) is 71.1 cm³/mol. The molecule has 1 heterocycles. The van der Waals surface area contributed by atoms with Crippen LogP contribution in [0.3, 0.4) is 0 Å². The molecule has 0 aliphatic heterocycles. The topological polar surface area (TPSA) is 51.8 Å². The molecule has 17 heavy (non-hydrogen) atoms. The molecule has 2 N–H and O–H groups in total. The Labute approximate surface area is 109 Å². The first-order valence-electron chi connectivity index (χ1n) is 5.18. The van der Waals surface area contributed by atoms with Gasteiger partial charge in [0.1, 0.15) is 6.33 Å². The fourth-order valence-corrected chi connectivity index (χ4v) is 2.77. The van der Waals surface area contributed by atoms with Gasteiger partial charge in [0.25, 0.3) is 0 Å². The third-order valence-corrected chi connectivity index (χ3v) is 3.84. The van der Waals surface area contributed by atoms with Crippen molar-refractivity contribution in [2.75, 3.05) is 6.54 Å². The van der Waals surface area contributed by atoms with Crippen LogP contribution in [-0.4, -0.2) is 16.5 Å². The first-order chi connectivity index (χ1) is 8.31. The van der Waals surface area contributed by atoms with E-state index < -0.39 is 0 Å². The molecular formula is C12H12ClN3S. The van der Waals surface area contributed by atoms with Crippen molar-refractivity contribution in [3.05, 3.63) is 53.4 Å². The standard InChI is InChI=1S/C12H12ClN3S/c13-10-4-2-1-3-9(10)11(7-14)17-12-5-6-15-8-16-12/h1-6,8,11H,7,14H2. The quantitative estimate of drug-likeness (QED) is 0.682. The molecule has 1 unspecified atom stereocenters. The van der Waals surface area contributed by atoms with Crippen LogP contribution in [0.4, 0.5) is 0 Å². The van der Waals surface area contributed by atoms with Gasteiger partial charge in [0, 0.05) is 23.0 Å². The molecule has 3 nitrogen and oxygen atoms in total. The molecule has 1 atom stereocenters. The van der Waals surface area contributed by atoms with Crippen molar-refractivity contribution >= 4 is 23.4 Å². The van der Waals surface area contributed by atoms with Gasteiger partial charge in [0.15, 0.2) is 0 Å². The highest BCUT2D eigenvalue weighted by atomic mass is 35.5. The van der Waals surface area contributed by atoms with Crippen molar-refractivity contribution in [3.8, 4) is 0 Å². The van der Waals surface area contributed by atoms with E-state index in [1.165, 1.54) is 6.33 Å². The van der Waals surface area contributed by atoms with Crippen molar-refractivity contribution < 1.29 is 0 Å². The van der Waals surface area contributed by atoms with E-state index in [9.17, 15) is 0 Å². The molecular weight excluding hydrogens is 254 g/mol. The largest absolute Gasteiger partial charge is 0.329 e. The van der Waals surface area contributed by atoms with Crippen LogP contribution in [0.2, 0.25) is 5.02 Å². The van der Waals surface area contributed by atoms with Crippen LogP contribution in [0, 0.1) is 0 Å². The van der Waals surface area contributed by atoms with E-state index in [1.807, 2.05) is 30.3 Å². The Kier molecular flexibility index (Phi) is 4.36. The van der Waals surface area contributed by atoms with Crippen LogP contribution < -0.4 is 5.73 Å². The SMILES string of the molecule is NCC(Sc1ccncn1)c1ccccc1Cl. The summed E-state index contributed by atoms with van der Waals surface area (Å²) >= 11 is 7.76. The minimum Gasteiger partial charge on any atom is -0.329 e. The van der Waals surface area contributed by atoms with Gasteiger partial charge in [-0.3, -0.25) is 0 Å². The van der Waals surface area contributed by atoms with Crippen molar-refractivity contribution in [1.29, 1.82) is 0 Å². The average Bonchev–Trinajstić information content (AvgIpc) is 2.38. The molecule has 0 spiro atoms. The Morgan fingerprint density at radius 3 is 2.76 bits per heavy atom. The maximum absolute atomic E-state index is 6.16. The van der Waals surface area contributed by atoms with E-state index in [2.05, 4.69) is 9.97 Å². The van der Waals surface area contributed by atoms with Crippen molar-refractivity contribution in [2.24, 2.45) is 5.73 Å². The van der Waals surface area contributed by atoms with E-state index in [-0.39, 0.29) is 5.25 Å². The Balaban J connectivity index is 2.21. The Morgan fingerprint density at radius 2 is 2.12 bits per heavy atom. The summed E-state index contributed by atoms with van der Waals surface area (Å²) in [6.45, 7) is 0.512. The number of hydrogen-bond donors (Lipinski definition) is 1. The second-order valence-corrected chi connectivity index (χ2v) is 5.04. The lowest BCUT2D eigenvalue weighted by atomic mass is 10.1. The zero-order valence-electron chi connectivity index (χ0n) is 9.08. The van der Waals surface area contributed by atoms with Gasteiger partial charge in [-0.25, -0.2) is 9.97 Å². The second-order valence-electron chi connectivity index (χ2n) is 3.41. The smallest absolute Gasteiger partial charge is 0.116 e. The highest BCUT2D eigenvalue weighted by molar-refractivity contribution is 7.99. The van der Waals surface area contributed by atoms with Gasteiger partial charge in [0.05, 0.1) is 5.03 Å². The lowest BCUT2D eigenvalue weighted by Crippen LogP contribution is -2.10. The first kappa shape index (κ1) is 12.4. The van der Waals surface area contributed by atoms with Gasteiger partial charge in [-0.05, 0) is 17.7 Å². The van der Waals surface area contributed by atoms with E-state index in [0.29, 0.717) is 6.54 Å². The summed E-state index contributed by atoms with van der Waals surface area (Å²) in [5, 5.41) is 1.75. The van der Waals surface area contributed by atoms with Crippen molar-refractivity contribution in [1.82, 2.24) is 9.97 Å². The Morgan fingerprint density at radius 1 is 1.29 bits per heavy atom. The zero-order chi connectivity index (χ0) is 12.1. The number of thioether (sulfide) groups is 1. The molecule has 0 fully saturated rings. The molecule has 5 heteroatoms. The van der Waals surface area contributed by atoms with Crippen LogP contribution in [0.1, 0.15) is 10.8 Å². The molecule has 2 rings (SSSR count). The summed E-state index contributed by atoms with van der Waals surface area (Å²) in [5.41, 5.74) is 6.84. The molecule has 0 saturated carbocycles. The minimum atomic E-state index is 0.110. The molecule has 0 bridgehead atoms. The van der Waals surface area contributed by atoms with E-state index >= 15 is 0 Å². The third-order valence-electron chi connectivity index (χ3n) is 2.28. The zero-order valence-corrected chi connectivity index (χ0v) is 10.7. The van der Waals surface area contributed by atoms with Crippen LogP contribution in [0.5, 0.6) is 0 Å². The molecule has 0 radical (unpaired) electrons. The lowest BCUT2D eigenvalue weighted by Gasteiger charge is -2.15. The van der Waals surface area contributed by atoms with E-state index in [1.54, 1.807) is 18.0 Å². The fourth-order valence-electron chi connectivity index (χ4n) is 1.47. The molecule has 2 aromatic rings. The normalized spacial score (nSPS) is 12.4. The third kappa shape index (κ3) is 3.19. The molecule has 0 aliphatic carbocycles. The Bertz CT molecular complexity index is 478. The summed E-state index contributed by atoms with van der Waals surface area (Å²) < 4.78 is 0. The molecule has 1 aromatic heterocycles. The highest BCUT2D eigenvalue weighted by Gasteiger charge is 2.14. The maximum Gasteiger partial charge on any atom is 0.116 e. The fraction of sp³-hybridized carbons (Fsp3) is 0.167. The number of nitrogens with zero attached hydrogens (tertiary/aromatic N) is 2. The van der Waals surface area contributed by atoms with Gasteiger partial charge >= 0.3 is 0 Å². The second kappa shape index (κ2) is 6.00. The van der Waals surface area contributed by atoms with Gasteiger partial charge in [-0.15, -0.1) is 0 Å². The molecule has 88 valence electrons.